The van der Waals surface area contributed by atoms with Gasteiger partial charge in [-0.2, -0.15) is 0 Å². The molecule has 0 aromatic heterocycles. The number of amides is 1. The maximum atomic E-state index is 11.7. The number of likely N-dealkylation sites (tertiary alicyclic amines) is 1. The Bertz CT molecular complexity index is 471. The molecule has 1 atom stereocenters. The van der Waals surface area contributed by atoms with Gasteiger partial charge in [0.25, 0.3) is 0 Å². The molecule has 0 saturated carbocycles. The smallest absolute Gasteiger partial charge is 0.410 e. The quantitative estimate of drug-likeness (QED) is 0.539. The van der Waals surface area contributed by atoms with Crippen molar-refractivity contribution in [3.05, 3.63) is 12.7 Å². The molecule has 1 unspecified atom stereocenters. The van der Waals surface area contributed by atoms with Gasteiger partial charge in [0.05, 0.1) is 0 Å². The zero-order valence-corrected chi connectivity index (χ0v) is 16.0. The Balaban J connectivity index is 0.000000506. The van der Waals surface area contributed by atoms with Gasteiger partial charge >= 0.3 is 12.1 Å². The second kappa shape index (κ2) is 8.85. The summed E-state index contributed by atoms with van der Waals surface area (Å²) < 4.78 is 10.1. The van der Waals surface area contributed by atoms with E-state index < -0.39 is 11.2 Å². The summed E-state index contributed by atoms with van der Waals surface area (Å²) in [4.78, 5) is 35.0. The molecular formula is C18H31NO5. The molecule has 138 valence electrons. The molecule has 6 heteroatoms. The van der Waals surface area contributed by atoms with Crippen LogP contribution in [-0.2, 0) is 19.1 Å². The Morgan fingerprint density at radius 2 is 1.62 bits per heavy atom. The van der Waals surface area contributed by atoms with Crippen molar-refractivity contribution in [3.63, 3.8) is 0 Å². The lowest BCUT2D eigenvalue weighted by atomic mass is 10.0. The minimum Gasteiger partial charge on any atom is -0.457 e. The van der Waals surface area contributed by atoms with E-state index in [1.807, 2.05) is 48.5 Å². The average molecular weight is 341 g/mol. The van der Waals surface area contributed by atoms with Crippen LogP contribution in [0, 0.1) is 0 Å². The van der Waals surface area contributed by atoms with Gasteiger partial charge in [-0.15, -0.1) is 0 Å². The van der Waals surface area contributed by atoms with E-state index in [0.717, 1.165) is 6.08 Å². The number of piperidine rings is 1. The molecule has 0 aliphatic carbocycles. The van der Waals surface area contributed by atoms with Gasteiger partial charge < -0.3 is 14.4 Å². The van der Waals surface area contributed by atoms with E-state index in [9.17, 15) is 14.4 Å². The molecule has 1 aliphatic rings. The fraction of sp³-hybridized carbons (Fsp3) is 0.722. The van der Waals surface area contributed by atoms with Crippen molar-refractivity contribution in [1.29, 1.82) is 0 Å². The predicted octanol–water partition coefficient (Wildman–Crippen LogP) is 3.49. The number of ether oxygens (including phenoxy) is 2. The van der Waals surface area contributed by atoms with E-state index in [2.05, 4.69) is 6.58 Å². The summed E-state index contributed by atoms with van der Waals surface area (Å²) in [6.07, 6.45) is 1.73. The average Bonchev–Trinajstić information content (AvgIpc) is 2.34. The number of carbonyl (C=O) groups is 3. The number of ketones is 1. The topological polar surface area (TPSA) is 72.9 Å². The monoisotopic (exact) mass is 341 g/mol. The number of Topliss-reactive ketones (excluding diaryl/α,β-unsaturated/α-hetero) is 1. The molecule has 1 saturated heterocycles. The summed E-state index contributed by atoms with van der Waals surface area (Å²) in [6, 6.07) is -0.0406. The number of carbonyl (C=O) groups excluding carboxylic acids is 3. The van der Waals surface area contributed by atoms with Crippen LogP contribution in [0.2, 0.25) is 0 Å². The first-order valence-corrected chi connectivity index (χ1v) is 8.12. The SMILES string of the molecule is C=CC(=O)OC(C)(C)C.CC1CC(=O)CCN1C(=O)OC(C)(C)C. The zero-order valence-electron chi connectivity index (χ0n) is 16.0. The fourth-order valence-electron chi connectivity index (χ4n) is 1.94. The Morgan fingerprint density at radius 1 is 1.12 bits per heavy atom. The third-order valence-electron chi connectivity index (χ3n) is 2.89. The van der Waals surface area contributed by atoms with Crippen LogP contribution < -0.4 is 0 Å². The van der Waals surface area contributed by atoms with Crippen LogP contribution in [0.3, 0.4) is 0 Å². The van der Waals surface area contributed by atoms with Gasteiger partial charge in [-0.3, -0.25) is 4.79 Å². The van der Waals surface area contributed by atoms with E-state index >= 15 is 0 Å². The molecule has 6 nitrogen and oxygen atoms in total. The highest BCUT2D eigenvalue weighted by atomic mass is 16.6. The Kier molecular flexibility index (Phi) is 8.17. The minimum atomic E-state index is -0.474. The second-order valence-corrected chi connectivity index (χ2v) is 7.75. The van der Waals surface area contributed by atoms with Gasteiger partial charge in [-0.25, -0.2) is 9.59 Å². The summed E-state index contributed by atoms with van der Waals surface area (Å²) in [5.74, 6) is -0.148. The summed E-state index contributed by atoms with van der Waals surface area (Å²) in [7, 11) is 0. The molecule has 0 aromatic carbocycles. The number of esters is 1. The third-order valence-corrected chi connectivity index (χ3v) is 2.89. The van der Waals surface area contributed by atoms with Gasteiger partial charge in [-0.1, -0.05) is 6.58 Å². The van der Waals surface area contributed by atoms with E-state index in [1.54, 1.807) is 4.90 Å². The highest BCUT2D eigenvalue weighted by Gasteiger charge is 2.30. The van der Waals surface area contributed by atoms with Crippen molar-refractivity contribution in [2.45, 2.75) is 78.6 Å². The number of rotatable bonds is 1. The summed E-state index contributed by atoms with van der Waals surface area (Å²) in [5, 5.41) is 0. The van der Waals surface area contributed by atoms with Crippen LogP contribution in [0.15, 0.2) is 12.7 Å². The second-order valence-electron chi connectivity index (χ2n) is 7.75. The predicted molar refractivity (Wildman–Crippen MR) is 92.7 cm³/mol. The standard InChI is InChI=1S/C11H19NO3.C7H12O2/c1-8-7-9(13)5-6-12(8)10(14)15-11(2,3)4;1-5-6(8)9-7(2,3)4/h8H,5-7H2,1-4H3;5H,1H2,2-4H3. The van der Waals surface area contributed by atoms with Crippen LogP contribution in [0.1, 0.15) is 61.3 Å². The van der Waals surface area contributed by atoms with E-state index in [4.69, 9.17) is 9.47 Å². The van der Waals surface area contributed by atoms with Crippen LogP contribution in [0.4, 0.5) is 4.79 Å². The lowest BCUT2D eigenvalue weighted by Gasteiger charge is -2.34. The maximum Gasteiger partial charge on any atom is 0.410 e. The van der Waals surface area contributed by atoms with Crippen molar-refractivity contribution in [2.75, 3.05) is 6.54 Å². The normalized spacial score (nSPS) is 18.2. The molecule has 1 amide bonds. The molecule has 1 rings (SSSR count). The summed E-state index contributed by atoms with van der Waals surface area (Å²) in [6.45, 7) is 16.6. The molecule has 1 fully saturated rings. The molecule has 24 heavy (non-hydrogen) atoms. The van der Waals surface area contributed by atoms with Crippen molar-refractivity contribution < 1.29 is 23.9 Å². The lowest BCUT2D eigenvalue weighted by Crippen LogP contribution is -2.46. The highest BCUT2D eigenvalue weighted by Crippen LogP contribution is 2.18. The third kappa shape index (κ3) is 10.0. The molecule has 0 spiro atoms. The first kappa shape index (κ1) is 22.1. The molecule has 0 radical (unpaired) electrons. The van der Waals surface area contributed by atoms with Crippen LogP contribution >= 0.6 is 0 Å². The van der Waals surface area contributed by atoms with E-state index in [0.29, 0.717) is 19.4 Å². The summed E-state index contributed by atoms with van der Waals surface area (Å²) >= 11 is 0. The van der Waals surface area contributed by atoms with Crippen molar-refractivity contribution in [3.8, 4) is 0 Å². The molecule has 0 bridgehead atoms. The lowest BCUT2D eigenvalue weighted by molar-refractivity contribution is -0.148. The molecule has 0 N–H and O–H groups in total. The van der Waals surface area contributed by atoms with Crippen molar-refractivity contribution in [1.82, 2.24) is 4.90 Å². The van der Waals surface area contributed by atoms with Gasteiger partial charge in [-0.05, 0) is 48.5 Å². The van der Waals surface area contributed by atoms with Gasteiger partial charge in [0, 0.05) is 31.5 Å². The fourth-order valence-corrected chi connectivity index (χ4v) is 1.94. The Hall–Kier alpha value is -1.85. The van der Waals surface area contributed by atoms with Crippen molar-refractivity contribution >= 4 is 17.8 Å². The minimum absolute atomic E-state index is 0.0406. The van der Waals surface area contributed by atoms with E-state index in [-0.39, 0.29) is 23.9 Å². The van der Waals surface area contributed by atoms with Crippen LogP contribution in [0.5, 0.6) is 0 Å². The number of hydrogen-bond donors (Lipinski definition) is 0. The first-order valence-electron chi connectivity index (χ1n) is 8.12. The Labute approximate surface area is 145 Å². The van der Waals surface area contributed by atoms with Crippen LogP contribution in [0.25, 0.3) is 0 Å². The van der Waals surface area contributed by atoms with Gasteiger partial charge in [0.1, 0.15) is 17.0 Å². The maximum absolute atomic E-state index is 11.7. The number of hydrogen-bond acceptors (Lipinski definition) is 5. The molecule has 1 aliphatic heterocycles. The first-order chi connectivity index (χ1) is 10.7. The molecular weight excluding hydrogens is 310 g/mol. The van der Waals surface area contributed by atoms with Gasteiger partial charge in [0.15, 0.2) is 0 Å². The zero-order chi connectivity index (χ0) is 19.1. The van der Waals surface area contributed by atoms with Crippen molar-refractivity contribution in [2.24, 2.45) is 0 Å². The largest absolute Gasteiger partial charge is 0.457 e. The summed E-state index contributed by atoms with van der Waals surface area (Å²) in [5.41, 5.74) is -0.871. The molecule has 0 aromatic rings. The highest BCUT2D eigenvalue weighted by molar-refractivity contribution is 5.82. The van der Waals surface area contributed by atoms with Gasteiger partial charge in [0.2, 0.25) is 0 Å². The van der Waals surface area contributed by atoms with Crippen LogP contribution in [-0.4, -0.2) is 46.5 Å². The number of nitrogens with zero attached hydrogens (tertiary/aromatic N) is 1. The molecule has 1 heterocycles. The van der Waals surface area contributed by atoms with E-state index in [1.165, 1.54) is 0 Å². The Morgan fingerprint density at radius 3 is 1.96 bits per heavy atom.